The van der Waals surface area contributed by atoms with Crippen LogP contribution in [0.4, 0.5) is 35.0 Å². The van der Waals surface area contributed by atoms with E-state index in [4.69, 9.17) is 0 Å². The Morgan fingerprint density at radius 3 is 2.30 bits per heavy atom. The number of carbonyl (C=O) groups is 2. The third-order valence-corrected chi connectivity index (χ3v) is 6.45. The molecule has 0 fully saturated rings. The lowest BCUT2D eigenvalue weighted by molar-refractivity contribution is -0.137. The van der Waals surface area contributed by atoms with Crippen molar-refractivity contribution < 1.29 is 22.8 Å². The van der Waals surface area contributed by atoms with Crippen LogP contribution < -0.4 is 21.4 Å². The molecule has 0 aliphatic carbocycles. The van der Waals surface area contributed by atoms with Gasteiger partial charge in [0.2, 0.25) is 0 Å². The second kappa shape index (κ2) is 12.5. The molecular weight excluding hydrogens is 559 g/mol. The van der Waals surface area contributed by atoms with Gasteiger partial charge in [-0.15, -0.1) is 0 Å². The number of nitrogens with one attached hydrogen (secondary N) is 4. The second-order valence-electron chi connectivity index (χ2n) is 9.59. The van der Waals surface area contributed by atoms with Crippen LogP contribution in [0.25, 0.3) is 11.1 Å². The number of anilines is 3. The minimum atomic E-state index is -4.45. The van der Waals surface area contributed by atoms with Crippen LogP contribution in [0.5, 0.6) is 0 Å². The lowest BCUT2D eigenvalue weighted by atomic mass is 10.1. The highest BCUT2D eigenvalue weighted by Gasteiger charge is 2.30. The molecule has 3 amide bonds. The third kappa shape index (κ3) is 7.55. The predicted octanol–water partition coefficient (Wildman–Crippen LogP) is 6.72. The molecule has 0 aliphatic heterocycles. The Kier molecular flexibility index (Phi) is 8.37. The standard InChI is InChI=1S/C31H26F3N7O2/c1-20-4-11-27(15-28(20)40-41-19-24(18-37-41)23-3-2-14-35-17-23)38-29(42)22-7-5-21(6-8-22)16-36-30(43)39-26-12-9-25(10-13-26)31(32,33)34/h2-15,17-19,40H,16H2,1H3,(H,38,42)(H2,36,39,43). The SMILES string of the molecule is Cc1ccc(NC(=O)c2ccc(CNC(=O)Nc3ccc(C(F)(F)F)cc3)cc2)cc1Nn1cc(-c2cccnc2)cn1. The Morgan fingerprint density at radius 2 is 1.60 bits per heavy atom. The summed E-state index contributed by atoms with van der Waals surface area (Å²) in [4.78, 5) is 30.8. The molecule has 9 nitrogen and oxygen atoms in total. The number of hydrogen-bond acceptors (Lipinski definition) is 5. The largest absolute Gasteiger partial charge is 0.416 e. The molecule has 2 aromatic heterocycles. The van der Waals surface area contributed by atoms with Crippen molar-refractivity contribution in [3.8, 4) is 11.1 Å². The van der Waals surface area contributed by atoms with Gasteiger partial charge in [-0.05, 0) is 72.6 Å². The first-order valence-electron chi connectivity index (χ1n) is 13.1. The van der Waals surface area contributed by atoms with Crippen molar-refractivity contribution in [1.82, 2.24) is 20.2 Å². The lowest BCUT2D eigenvalue weighted by Gasteiger charge is -2.13. The maximum Gasteiger partial charge on any atom is 0.416 e. The summed E-state index contributed by atoms with van der Waals surface area (Å²) >= 11 is 0. The zero-order valence-electron chi connectivity index (χ0n) is 22.8. The van der Waals surface area contributed by atoms with Gasteiger partial charge in [0, 0.05) is 47.0 Å². The maximum absolute atomic E-state index is 12.9. The number of amides is 3. The van der Waals surface area contributed by atoms with Crippen molar-refractivity contribution in [3.63, 3.8) is 0 Å². The second-order valence-corrected chi connectivity index (χ2v) is 9.59. The Morgan fingerprint density at radius 1 is 0.860 bits per heavy atom. The summed E-state index contributed by atoms with van der Waals surface area (Å²) in [5.41, 5.74) is 7.94. The highest BCUT2D eigenvalue weighted by Crippen LogP contribution is 2.30. The molecular formula is C31H26F3N7O2. The van der Waals surface area contributed by atoms with Gasteiger partial charge in [0.15, 0.2) is 0 Å². The van der Waals surface area contributed by atoms with Gasteiger partial charge in [0.25, 0.3) is 5.91 Å². The Labute approximate surface area is 244 Å². The van der Waals surface area contributed by atoms with Gasteiger partial charge in [0.05, 0.1) is 23.6 Å². The third-order valence-electron chi connectivity index (χ3n) is 6.45. The predicted molar refractivity (Wildman–Crippen MR) is 157 cm³/mol. The molecule has 0 aliphatic rings. The Balaban J connectivity index is 1.14. The highest BCUT2D eigenvalue weighted by atomic mass is 19.4. The van der Waals surface area contributed by atoms with E-state index in [1.807, 2.05) is 37.4 Å². The zero-order chi connectivity index (χ0) is 30.4. The molecule has 218 valence electrons. The lowest BCUT2D eigenvalue weighted by Crippen LogP contribution is -2.28. The van der Waals surface area contributed by atoms with Crippen LogP contribution >= 0.6 is 0 Å². The molecule has 0 saturated heterocycles. The number of aromatic nitrogens is 3. The minimum Gasteiger partial charge on any atom is -0.334 e. The van der Waals surface area contributed by atoms with Crippen molar-refractivity contribution in [1.29, 1.82) is 0 Å². The summed E-state index contributed by atoms with van der Waals surface area (Å²) in [7, 11) is 0. The highest BCUT2D eigenvalue weighted by molar-refractivity contribution is 6.04. The van der Waals surface area contributed by atoms with Gasteiger partial charge >= 0.3 is 12.2 Å². The van der Waals surface area contributed by atoms with Crippen LogP contribution in [0.15, 0.2) is 104 Å². The number of rotatable bonds is 8. The van der Waals surface area contributed by atoms with E-state index in [-0.39, 0.29) is 18.1 Å². The Bertz CT molecular complexity index is 1720. The smallest absolute Gasteiger partial charge is 0.334 e. The quantitative estimate of drug-likeness (QED) is 0.162. The number of alkyl halides is 3. The van der Waals surface area contributed by atoms with Crippen molar-refractivity contribution in [2.45, 2.75) is 19.6 Å². The summed E-state index contributed by atoms with van der Waals surface area (Å²) in [5, 5.41) is 12.4. The summed E-state index contributed by atoms with van der Waals surface area (Å²) < 4.78 is 38.1. The number of carbonyl (C=O) groups excluding carboxylic acids is 2. The molecule has 5 rings (SSSR count). The van der Waals surface area contributed by atoms with Gasteiger partial charge in [0.1, 0.15) is 0 Å². The molecule has 5 aromatic rings. The first kappa shape index (κ1) is 28.9. The maximum atomic E-state index is 12.9. The van der Waals surface area contributed by atoms with Crippen molar-refractivity contribution in [2.24, 2.45) is 0 Å². The van der Waals surface area contributed by atoms with E-state index >= 15 is 0 Å². The number of hydrogen-bond donors (Lipinski definition) is 4. The number of benzene rings is 3. The van der Waals surface area contributed by atoms with E-state index in [1.54, 1.807) is 53.7 Å². The van der Waals surface area contributed by atoms with Gasteiger partial charge in [-0.3, -0.25) is 15.2 Å². The van der Waals surface area contributed by atoms with Crippen LogP contribution in [-0.2, 0) is 12.7 Å². The molecule has 0 bridgehead atoms. The molecule has 0 unspecified atom stereocenters. The van der Waals surface area contributed by atoms with Crippen LogP contribution in [0.2, 0.25) is 0 Å². The number of halogens is 3. The summed E-state index contributed by atoms with van der Waals surface area (Å²) in [6, 6.07) is 19.6. The van der Waals surface area contributed by atoms with Gasteiger partial charge < -0.3 is 16.0 Å². The van der Waals surface area contributed by atoms with Crippen molar-refractivity contribution in [3.05, 3.63) is 126 Å². The van der Waals surface area contributed by atoms with E-state index in [0.29, 0.717) is 11.3 Å². The van der Waals surface area contributed by atoms with Gasteiger partial charge in [-0.25, -0.2) is 4.79 Å². The van der Waals surface area contributed by atoms with E-state index in [1.165, 1.54) is 12.1 Å². The summed E-state index contributed by atoms with van der Waals surface area (Å²) in [6.07, 6.45) is 2.60. The van der Waals surface area contributed by atoms with Crippen LogP contribution in [0.1, 0.15) is 27.0 Å². The Hall–Kier alpha value is -5.65. The molecule has 0 spiro atoms. The van der Waals surface area contributed by atoms with Crippen LogP contribution in [0, 0.1) is 6.92 Å². The average Bonchev–Trinajstić information content (AvgIpc) is 3.47. The summed E-state index contributed by atoms with van der Waals surface area (Å²) in [5.74, 6) is -0.313. The number of aryl methyl sites for hydroxylation is 1. The molecule has 3 aromatic carbocycles. The van der Waals surface area contributed by atoms with E-state index < -0.39 is 17.8 Å². The molecule has 0 atom stereocenters. The average molecular weight is 586 g/mol. The van der Waals surface area contributed by atoms with Crippen LogP contribution in [-0.4, -0.2) is 26.8 Å². The van der Waals surface area contributed by atoms with Crippen molar-refractivity contribution >= 4 is 29.0 Å². The van der Waals surface area contributed by atoms with Gasteiger partial charge in [-0.1, -0.05) is 24.3 Å². The fraction of sp³-hybridized carbons (Fsp3) is 0.0968. The molecule has 2 heterocycles. The first-order chi connectivity index (χ1) is 20.6. The first-order valence-corrected chi connectivity index (χ1v) is 13.1. The normalized spacial score (nSPS) is 11.1. The fourth-order valence-corrected chi connectivity index (χ4v) is 4.09. The number of pyridine rings is 1. The molecule has 12 heteroatoms. The minimum absolute atomic E-state index is 0.150. The number of nitrogens with zero attached hydrogens (tertiary/aromatic N) is 3. The fourth-order valence-electron chi connectivity index (χ4n) is 4.09. The monoisotopic (exact) mass is 585 g/mol. The van der Waals surface area contributed by atoms with E-state index in [2.05, 4.69) is 31.5 Å². The van der Waals surface area contributed by atoms with Crippen LogP contribution in [0.3, 0.4) is 0 Å². The number of urea groups is 1. The van der Waals surface area contributed by atoms with E-state index in [9.17, 15) is 22.8 Å². The molecule has 0 saturated carbocycles. The topological polar surface area (TPSA) is 113 Å². The van der Waals surface area contributed by atoms with Crippen molar-refractivity contribution in [2.75, 3.05) is 16.1 Å². The van der Waals surface area contributed by atoms with Gasteiger partial charge in [-0.2, -0.15) is 23.1 Å². The molecule has 4 N–H and O–H groups in total. The zero-order valence-corrected chi connectivity index (χ0v) is 22.8. The molecule has 0 radical (unpaired) electrons. The summed E-state index contributed by atoms with van der Waals surface area (Å²) in [6.45, 7) is 2.09. The molecule has 43 heavy (non-hydrogen) atoms. The van der Waals surface area contributed by atoms with E-state index in [0.717, 1.165) is 40.1 Å².